The van der Waals surface area contributed by atoms with Crippen LogP contribution in [-0.2, 0) is 4.79 Å². The van der Waals surface area contributed by atoms with Crippen LogP contribution in [0.1, 0.15) is 36.5 Å². The normalized spacial score (nSPS) is 16.4. The highest BCUT2D eigenvalue weighted by Crippen LogP contribution is 2.26. The molecular weight excluding hydrogens is 356 g/mol. The summed E-state index contributed by atoms with van der Waals surface area (Å²) in [7, 11) is 0. The summed E-state index contributed by atoms with van der Waals surface area (Å²) in [6.45, 7) is 3.26. The third-order valence-corrected chi connectivity index (χ3v) is 4.88. The van der Waals surface area contributed by atoms with Gasteiger partial charge in [0, 0.05) is 17.6 Å². The van der Waals surface area contributed by atoms with Crippen LogP contribution in [0, 0.1) is 0 Å². The zero-order valence-electron chi connectivity index (χ0n) is 11.9. The molecule has 1 aliphatic rings. The Bertz CT molecular complexity index is 544. The molecule has 2 rings (SSSR count). The van der Waals surface area contributed by atoms with E-state index in [-0.39, 0.29) is 11.8 Å². The van der Waals surface area contributed by atoms with Crippen LogP contribution >= 0.6 is 27.5 Å². The Morgan fingerprint density at radius 2 is 1.95 bits per heavy atom. The van der Waals surface area contributed by atoms with Crippen molar-refractivity contribution in [1.82, 2.24) is 10.2 Å². The summed E-state index contributed by atoms with van der Waals surface area (Å²) >= 11 is 9.38. The monoisotopic (exact) mass is 372 g/mol. The molecule has 1 heterocycles. The quantitative estimate of drug-likeness (QED) is 0.884. The molecule has 1 saturated heterocycles. The van der Waals surface area contributed by atoms with E-state index in [4.69, 9.17) is 11.6 Å². The Kier molecular flexibility index (Phi) is 5.65. The lowest BCUT2D eigenvalue weighted by molar-refractivity contribution is -0.133. The third-order valence-electron chi connectivity index (χ3n) is 3.58. The SMILES string of the molecule is CC(NC(=O)c1cccc(Br)c1Cl)C(=O)N1CCCCC1. The number of likely N-dealkylation sites (tertiary alicyclic amines) is 1. The maximum atomic E-state index is 12.3. The molecule has 1 N–H and O–H groups in total. The van der Waals surface area contributed by atoms with Crippen molar-refractivity contribution in [2.45, 2.75) is 32.2 Å². The molecule has 2 amide bonds. The van der Waals surface area contributed by atoms with Crippen molar-refractivity contribution in [2.75, 3.05) is 13.1 Å². The number of carbonyl (C=O) groups is 2. The minimum atomic E-state index is -0.550. The van der Waals surface area contributed by atoms with Crippen LogP contribution in [0.2, 0.25) is 5.02 Å². The van der Waals surface area contributed by atoms with E-state index >= 15 is 0 Å². The van der Waals surface area contributed by atoms with Crippen molar-refractivity contribution >= 4 is 39.3 Å². The minimum Gasteiger partial charge on any atom is -0.341 e. The number of rotatable bonds is 3. The molecule has 1 aromatic carbocycles. The Labute approximate surface area is 138 Å². The Hall–Kier alpha value is -1.07. The van der Waals surface area contributed by atoms with E-state index in [2.05, 4.69) is 21.2 Å². The number of halogens is 2. The summed E-state index contributed by atoms with van der Waals surface area (Å²) in [4.78, 5) is 26.3. The summed E-state index contributed by atoms with van der Waals surface area (Å²) < 4.78 is 0.659. The molecule has 0 radical (unpaired) electrons. The van der Waals surface area contributed by atoms with E-state index in [0.29, 0.717) is 15.1 Å². The molecule has 0 saturated carbocycles. The van der Waals surface area contributed by atoms with E-state index < -0.39 is 6.04 Å². The average Bonchev–Trinajstić information content (AvgIpc) is 2.50. The summed E-state index contributed by atoms with van der Waals surface area (Å²) in [5.74, 6) is -0.367. The molecule has 6 heteroatoms. The van der Waals surface area contributed by atoms with Gasteiger partial charge >= 0.3 is 0 Å². The highest BCUT2D eigenvalue weighted by atomic mass is 79.9. The fourth-order valence-corrected chi connectivity index (χ4v) is 2.98. The second kappa shape index (κ2) is 7.27. The predicted molar refractivity (Wildman–Crippen MR) is 86.5 cm³/mol. The first kappa shape index (κ1) is 16.3. The lowest BCUT2D eigenvalue weighted by atomic mass is 10.1. The number of piperidine rings is 1. The van der Waals surface area contributed by atoms with Gasteiger partial charge in [0.1, 0.15) is 6.04 Å². The van der Waals surface area contributed by atoms with Crippen molar-refractivity contribution in [1.29, 1.82) is 0 Å². The molecule has 0 bridgehead atoms. The fourth-order valence-electron chi connectivity index (χ4n) is 2.40. The lowest BCUT2D eigenvalue weighted by Crippen LogP contribution is -2.48. The van der Waals surface area contributed by atoms with Crippen LogP contribution in [0.4, 0.5) is 0 Å². The Morgan fingerprint density at radius 3 is 2.62 bits per heavy atom. The lowest BCUT2D eigenvalue weighted by Gasteiger charge is -2.29. The summed E-state index contributed by atoms with van der Waals surface area (Å²) in [6, 6.07) is 4.59. The fraction of sp³-hybridized carbons (Fsp3) is 0.467. The molecule has 0 spiro atoms. The van der Waals surface area contributed by atoms with Crippen LogP contribution in [0.5, 0.6) is 0 Å². The maximum Gasteiger partial charge on any atom is 0.253 e. The summed E-state index contributed by atoms with van der Waals surface area (Å²) in [5, 5.41) is 3.08. The number of nitrogens with one attached hydrogen (secondary N) is 1. The van der Waals surface area contributed by atoms with Gasteiger partial charge < -0.3 is 10.2 Å². The summed E-state index contributed by atoms with van der Waals surface area (Å²) in [6.07, 6.45) is 3.23. The largest absolute Gasteiger partial charge is 0.341 e. The molecule has 0 aliphatic carbocycles. The molecule has 1 aliphatic heterocycles. The number of carbonyl (C=O) groups excluding carboxylic acids is 2. The van der Waals surface area contributed by atoms with Crippen LogP contribution in [0.3, 0.4) is 0 Å². The van der Waals surface area contributed by atoms with E-state index in [1.54, 1.807) is 25.1 Å². The molecule has 21 heavy (non-hydrogen) atoms. The average molecular weight is 374 g/mol. The molecule has 1 atom stereocenters. The number of nitrogens with zero attached hydrogens (tertiary/aromatic N) is 1. The predicted octanol–water partition coefficient (Wildman–Crippen LogP) is 3.23. The molecule has 0 aromatic heterocycles. The van der Waals surface area contributed by atoms with Gasteiger partial charge in [0.15, 0.2) is 0 Å². The van der Waals surface area contributed by atoms with Gasteiger partial charge in [-0.15, -0.1) is 0 Å². The molecular formula is C15H18BrClN2O2. The van der Waals surface area contributed by atoms with Gasteiger partial charge in [0.05, 0.1) is 10.6 Å². The first-order valence-corrected chi connectivity index (χ1v) is 8.21. The van der Waals surface area contributed by atoms with Crippen molar-refractivity contribution in [3.05, 3.63) is 33.3 Å². The number of hydrogen-bond acceptors (Lipinski definition) is 2. The van der Waals surface area contributed by atoms with E-state index in [1.807, 2.05) is 4.90 Å². The Balaban J connectivity index is 2.01. The molecule has 1 fully saturated rings. The molecule has 1 aromatic rings. The Morgan fingerprint density at radius 1 is 1.29 bits per heavy atom. The van der Waals surface area contributed by atoms with Crippen LogP contribution in [0.25, 0.3) is 0 Å². The number of benzene rings is 1. The van der Waals surface area contributed by atoms with Crippen molar-refractivity contribution in [3.63, 3.8) is 0 Å². The minimum absolute atomic E-state index is 0.0332. The van der Waals surface area contributed by atoms with Crippen LogP contribution in [-0.4, -0.2) is 35.8 Å². The second-order valence-corrected chi connectivity index (χ2v) is 6.41. The van der Waals surface area contributed by atoms with Gasteiger partial charge in [-0.25, -0.2) is 0 Å². The van der Waals surface area contributed by atoms with Crippen molar-refractivity contribution in [2.24, 2.45) is 0 Å². The van der Waals surface area contributed by atoms with E-state index in [0.717, 1.165) is 32.4 Å². The van der Waals surface area contributed by atoms with Gasteiger partial charge in [0.2, 0.25) is 5.91 Å². The van der Waals surface area contributed by atoms with Gasteiger partial charge in [-0.3, -0.25) is 9.59 Å². The highest BCUT2D eigenvalue weighted by molar-refractivity contribution is 9.10. The first-order valence-electron chi connectivity index (χ1n) is 7.04. The molecule has 114 valence electrons. The van der Waals surface area contributed by atoms with Crippen molar-refractivity contribution in [3.8, 4) is 0 Å². The van der Waals surface area contributed by atoms with Gasteiger partial charge in [0.25, 0.3) is 5.91 Å². The maximum absolute atomic E-state index is 12.3. The topological polar surface area (TPSA) is 49.4 Å². The van der Waals surface area contributed by atoms with Crippen LogP contribution < -0.4 is 5.32 Å². The number of hydrogen-bond donors (Lipinski definition) is 1. The zero-order valence-corrected chi connectivity index (χ0v) is 14.2. The smallest absolute Gasteiger partial charge is 0.253 e. The highest BCUT2D eigenvalue weighted by Gasteiger charge is 2.24. The second-order valence-electron chi connectivity index (χ2n) is 5.18. The summed E-state index contributed by atoms with van der Waals surface area (Å²) in [5.41, 5.74) is 0.365. The molecule has 1 unspecified atom stereocenters. The van der Waals surface area contributed by atoms with Gasteiger partial charge in [-0.2, -0.15) is 0 Å². The number of amides is 2. The third kappa shape index (κ3) is 3.98. The van der Waals surface area contributed by atoms with Crippen LogP contribution in [0.15, 0.2) is 22.7 Å². The van der Waals surface area contributed by atoms with E-state index in [9.17, 15) is 9.59 Å². The standard InChI is InChI=1S/C15H18BrClN2O2/c1-10(15(21)19-8-3-2-4-9-19)18-14(20)11-6-5-7-12(16)13(11)17/h5-7,10H,2-4,8-9H2,1H3,(H,18,20). The first-order chi connectivity index (χ1) is 10.0. The van der Waals surface area contributed by atoms with Gasteiger partial charge in [-0.1, -0.05) is 17.7 Å². The zero-order chi connectivity index (χ0) is 15.4. The van der Waals surface area contributed by atoms with Gasteiger partial charge in [-0.05, 0) is 54.2 Å². The molecule has 4 nitrogen and oxygen atoms in total. The van der Waals surface area contributed by atoms with Crippen molar-refractivity contribution < 1.29 is 9.59 Å². The van der Waals surface area contributed by atoms with E-state index in [1.165, 1.54) is 0 Å².